The first kappa shape index (κ1) is 11.9. The van der Waals surface area contributed by atoms with Gasteiger partial charge in [-0.1, -0.05) is 6.92 Å². The molecule has 1 aromatic rings. The molecule has 0 saturated carbocycles. The number of nitrogens with zero attached hydrogens (tertiary/aromatic N) is 2. The van der Waals surface area contributed by atoms with Crippen LogP contribution in [0.2, 0.25) is 0 Å². The van der Waals surface area contributed by atoms with E-state index in [1.54, 1.807) is 26.1 Å². The van der Waals surface area contributed by atoms with Gasteiger partial charge in [0.2, 0.25) is 0 Å². The summed E-state index contributed by atoms with van der Waals surface area (Å²) < 4.78 is 25.2. The Balaban J connectivity index is 3.27. The van der Waals surface area contributed by atoms with Gasteiger partial charge in [-0.2, -0.15) is 4.31 Å². The van der Waals surface area contributed by atoms with E-state index in [4.69, 9.17) is 0 Å². The zero-order chi connectivity index (χ0) is 11.5. The molecule has 0 saturated heterocycles. The van der Waals surface area contributed by atoms with Crippen LogP contribution < -0.4 is 5.32 Å². The number of sulfonamides is 1. The summed E-state index contributed by atoms with van der Waals surface area (Å²) in [4.78, 5) is 3.90. The van der Waals surface area contributed by atoms with Crippen LogP contribution in [0.3, 0.4) is 0 Å². The average molecular weight is 229 g/mol. The number of hydrogen-bond acceptors (Lipinski definition) is 4. The van der Waals surface area contributed by atoms with Crippen LogP contribution in [0, 0.1) is 0 Å². The lowest BCUT2D eigenvalue weighted by Crippen LogP contribution is -2.27. The molecule has 15 heavy (non-hydrogen) atoms. The summed E-state index contributed by atoms with van der Waals surface area (Å²) in [6, 6.07) is 3.38. The molecule has 0 aliphatic rings. The maximum absolute atomic E-state index is 12.0. The van der Waals surface area contributed by atoms with Gasteiger partial charge in [0.1, 0.15) is 0 Å². The van der Waals surface area contributed by atoms with Crippen molar-refractivity contribution in [3.05, 3.63) is 18.3 Å². The molecule has 0 fully saturated rings. The van der Waals surface area contributed by atoms with Crippen molar-refractivity contribution in [2.24, 2.45) is 0 Å². The molecule has 0 aliphatic heterocycles. The van der Waals surface area contributed by atoms with Crippen LogP contribution in [0.4, 0.5) is 5.69 Å². The molecular formula is C9H15N3O2S. The van der Waals surface area contributed by atoms with Gasteiger partial charge in [0.25, 0.3) is 10.0 Å². The van der Waals surface area contributed by atoms with Crippen LogP contribution >= 0.6 is 0 Å². The van der Waals surface area contributed by atoms with Crippen molar-refractivity contribution in [1.82, 2.24) is 9.29 Å². The zero-order valence-electron chi connectivity index (χ0n) is 9.06. The van der Waals surface area contributed by atoms with Gasteiger partial charge < -0.3 is 5.32 Å². The third-order valence-corrected chi connectivity index (χ3v) is 4.03. The second-order valence-electron chi connectivity index (χ2n) is 3.03. The molecule has 5 nitrogen and oxygen atoms in total. The van der Waals surface area contributed by atoms with Crippen molar-refractivity contribution in [3.8, 4) is 0 Å². The molecule has 6 heteroatoms. The summed E-state index contributed by atoms with van der Waals surface area (Å²) >= 11 is 0. The summed E-state index contributed by atoms with van der Waals surface area (Å²) in [5, 5.41) is 2.88. The number of nitrogens with one attached hydrogen (secondary N) is 1. The predicted octanol–water partition coefficient (Wildman–Crippen LogP) is 0.764. The maximum Gasteiger partial charge on any atom is 0.262 e. The summed E-state index contributed by atoms with van der Waals surface area (Å²) in [5.74, 6) is 0. The minimum atomic E-state index is -3.47. The van der Waals surface area contributed by atoms with E-state index < -0.39 is 10.0 Å². The minimum Gasteiger partial charge on any atom is -0.386 e. The van der Waals surface area contributed by atoms with Crippen molar-refractivity contribution >= 4 is 15.7 Å². The maximum atomic E-state index is 12.0. The lowest BCUT2D eigenvalue weighted by Gasteiger charge is -2.16. The summed E-state index contributed by atoms with van der Waals surface area (Å²) in [5.41, 5.74) is 0.512. The van der Waals surface area contributed by atoms with E-state index in [2.05, 4.69) is 10.3 Å². The Bertz CT molecular complexity index is 431. The van der Waals surface area contributed by atoms with Crippen LogP contribution in [0.25, 0.3) is 0 Å². The minimum absolute atomic E-state index is 0.0665. The first-order valence-electron chi connectivity index (χ1n) is 4.63. The molecule has 1 aromatic heterocycles. The summed E-state index contributed by atoms with van der Waals surface area (Å²) in [6.07, 6.45) is 1.47. The van der Waals surface area contributed by atoms with Gasteiger partial charge in [-0.3, -0.25) is 0 Å². The van der Waals surface area contributed by atoms with Crippen molar-refractivity contribution in [3.63, 3.8) is 0 Å². The molecular weight excluding hydrogens is 214 g/mol. The molecule has 0 spiro atoms. The Morgan fingerprint density at radius 2 is 2.20 bits per heavy atom. The average Bonchev–Trinajstić information content (AvgIpc) is 2.27. The van der Waals surface area contributed by atoms with Gasteiger partial charge in [0, 0.05) is 26.8 Å². The van der Waals surface area contributed by atoms with Crippen molar-refractivity contribution < 1.29 is 8.42 Å². The Morgan fingerprint density at radius 3 is 2.73 bits per heavy atom. The second-order valence-corrected chi connectivity index (χ2v) is 4.99. The van der Waals surface area contributed by atoms with Crippen molar-refractivity contribution in [1.29, 1.82) is 0 Å². The molecule has 0 radical (unpaired) electrons. The van der Waals surface area contributed by atoms with Gasteiger partial charge in [-0.25, -0.2) is 13.4 Å². The quantitative estimate of drug-likeness (QED) is 0.828. The number of pyridine rings is 1. The smallest absolute Gasteiger partial charge is 0.262 e. The highest BCUT2D eigenvalue weighted by Gasteiger charge is 2.23. The third-order valence-electron chi connectivity index (χ3n) is 2.14. The van der Waals surface area contributed by atoms with Crippen LogP contribution in [0.15, 0.2) is 23.4 Å². The van der Waals surface area contributed by atoms with Crippen LogP contribution in [-0.2, 0) is 10.0 Å². The molecule has 1 rings (SSSR count). The molecule has 0 aromatic carbocycles. The Kier molecular flexibility index (Phi) is 3.65. The Morgan fingerprint density at radius 1 is 1.53 bits per heavy atom. The van der Waals surface area contributed by atoms with E-state index in [0.717, 1.165) is 0 Å². The van der Waals surface area contributed by atoms with Crippen LogP contribution in [0.5, 0.6) is 0 Å². The second kappa shape index (κ2) is 4.59. The van der Waals surface area contributed by atoms with Crippen LogP contribution in [-0.4, -0.2) is 38.3 Å². The fourth-order valence-corrected chi connectivity index (χ4v) is 2.38. The largest absolute Gasteiger partial charge is 0.386 e. The topological polar surface area (TPSA) is 62.3 Å². The highest BCUT2D eigenvalue weighted by atomic mass is 32.2. The molecule has 0 amide bonds. The molecule has 0 bridgehead atoms. The lowest BCUT2D eigenvalue weighted by atomic mass is 10.4. The van der Waals surface area contributed by atoms with Gasteiger partial charge in [-0.05, 0) is 12.1 Å². The zero-order valence-corrected chi connectivity index (χ0v) is 9.87. The number of hydrogen-bond donors (Lipinski definition) is 1. The number of aromatic nitrogens is 1. The molecule has 84 valence electrons. The van der Waals surface area contributed by atoms with E-state index >= 15 is 0 Å². The normalized spacial score (nSPS) is 11.7. The number of rotatable bonds is 4. The lowest BCUT2D eigenvalue weighted by molar-refractivity contribution is 0.483. The monoisotopic (exact) mass is 229 g/mol. The standard InChI is InChI=1S/C9H15N3O2S/c1-4-12(3)15(13,14)9-8(10-2)6-5-7-11-9/h5-7,10H,4H2,1-3H3. The molecule has 0 aliphatic carbocycles. The Hall–Kier alpha value is -1.14. The highest BCUT2D eigenvalue weighted by molar-refractivity contribution is 7.89. The third kappa shape index (κ3) is 2.27. The van der Waals surface area contributed by atoms with E-state index in [-0.39, 0.29) is 5.03 Å². The molecule has 1 N–H and O–H groups in total. The molecule has 0 atom stereocenters. The Labute approximate surface area is 90.2 Å². The van der Waals surface area contributed by atoms with Gasteiger partial charge >= 0.3 is 0 Å². The van der Waals surface area contributed by atoms with Crippen molar-refractivity contribution in [2.45, 2.75) is 11.9 Å². The van der Waals surface area contributed by atoms with Crippen molar-refractivity contribution in [2.75, 3.05) is 26.0 Å². The van der Waals surface area contributed by atoms with Gasteiger partial charge in [-0.15, -0.1) is 0 Å². The fraction of sp³-hybridized carbons (Fsp3) is 0.444. The molecule has 0 unspecified atom stereocenters. The molecule has 1 heterocycles. The van der Waals surface area contributed by atoms with E-state index in [0.29, 0.717) is 12.2 Å². The van der Waals surface area contributed by atoms with Gasteiger partial charge in [0.05, 0.1) is 5.69 Å². The fourth-order valence-electron chi connectivity index (χ4n) is 1.10. The van der Waals surface area contributed by atoms with E-state index in [1.165, 1.54) is 17.5 Å². The van der Waals surface area contributed by atoms with Gasteiger partial charge in [0.15, 0.2) is 5.03 Å². The SMILES string of the molecule is CCN(C)S(=O)(=O)c1ncccc1NC. The predicted molar refractivity (Wildman–Crippen MR) is 59.3 cm³/mol. The summed E-state index contributed by atoms with van der Waals surface area (Å²) in [6.45, 7) is 2.20. The number of anilines is 1. The first-order chi connectivity index (χ1) is 7.04. The van der Waals surface area contributed by atoms with E-state index in [9.17, 15) is 8.42 Å². The first-order valence-corrected chi connectivity index (χ1v) is 6.07. The van der Waals surface area contributed by atoms with E-state index in [1.807, 2.05) is 0 Å². The summed E-state index contributed by atoms with van der Waals surface area (Å²) in [7, 11) is -0.272. The highest BCUT2D eigenvalue weighted by Crippen LogP contribution is 2.20. The van der Waals surface area contributed by atoms with Crippen LogP contribution in [0.1, 0.15) is 6.92 Å².